The molecule has 0 bridgehead atoms. The molecule has 2 aliphatic heterocycles. The molecule has 0 spiro atoms. The molecular weight excluding hydrogens is 456 g/mol. The van der Waals surface area contributed by atoms with Crippen LogP contribution < -0.4 is 15.5 Å². The van der Waals surface area contributed by atoms with Crippen LogP contribution in [0, 0.1) is 13.8 Å². The number of hydrogen-bond acceptors (Lipinski definition) is 5. The van der Waals surface area contributed by atoms with E-state index in [-0.39, 0.29) is 24.3 Å². The molecule has 3 amide bonds. The lowest BCUT2D eigenvalue weighted by Crippen LogP contribution is -2.52. The molecule has 3 heterocycles. The molecule has 36 heavy (non-hydrogen) atoms. The highest BCUT2D eigenvalue weighted by molar-refractivity contribution is 5.96. The highest BCUT2D eigenvalue weighted by Gasteiger charge is 2.36. The van der Waals surface area contributed by atoms with Crippen molar-refractivity contribution in [3.05, 3.63) is 71.0 Å². The van der Waals surface area contributed by atoms with Gasteiger partial charge in [-0.1, -0.05) is 18.2 Å². The lowest BCUT2D eigenvalue weighted by Gasteiger charge is -2.34. The molecule has 0 saturated carbocycles. The van der Waals surface area contributed by atoms with Crippen LogP contribution in [0.4, 0.5) is 11.4 Å². The van der Waals surface area contributed by atoms with Crippen LogP contribution in [0.5, 0.6) is 0 Å². The number of carbonyl (C=O) groups is 3. The second kappa shape index (κ2) is 9.58. The summed E-state index contributed by atoms with van der Waals surface area (Å²) in [6.45, 7) is 7.17. The zero-order valence-corrected chi connectivity index (χ0v) is 20.7. The number of para-hydroxylation sites is 1. The van der Waals surface area contributed by atoms with Crippen molar-refractivity contribution in [2.45, 2.75) is 33.2 Å². The van der Waals surface area contributed by atoms with Crippen LogP contribution in [0.1, 0.15) is 35.5 Å². The lowest BCUT2D eigenvalue weighted by atomic mass is 10.00. The Morgan fingerprint density at radius 3 is 2.64 bits per heavy atom. The number of rotatable bonds is 5. The predicted octanol–water partition coefficient (Wildman–Crippen LogP) is 2.51. The lowest BCUT2D eigenvalue weighted by molar-refractivity contribution is -0.130. The number of piperazine rings is 1. The standard InChI is InChI=1S/C27H30N6O3/c1-17-25(18(2)33(30-17)22-7-5-4-6-8-22)26-27(36)28-12-14-31(26)16-24(35)29-21-9-10-23-20(15-21)11-13-32(23)19(3)34/h4-10,15,26H,11-14,16H2,1-3H3,(H,28,36)(H,29,35). The summed E-state index contributed by atoms with van der Waals surface area (Å²) >= 11 is 0. The first kappa shape index (κ1) is 23.7. The van der Waals surface area contributed by atoms with Gasteiger partial charge in [0.15, 0.2) is 0 Å². The quantitative estimate of drug-likeness (QED) is 0.577. The SMILES string of the molecule is CC(=O)N1CCc2cc(NC(=O)CN3CCNC(=O)C3c3c(C)nn(-c4ccccc4)c3C)ccc21. The van der Waals surface area contributed by atoms with E-state index >= 15 is 0 Å². The smallest absolute Gasteiger partial charge is 0.242 e. The van der Waals surface area contributed by atoms with E-state index < -0.39 is 6.04 Å². The number of benzene rings is 2. The zero-order valence-electron chi connectivity index (χ0n) is 20.7. The van der Waals surface area contributed by atoms with Gasteiger partial charge in [-0.3, -0.25) is 19.3 Å². The molecule has 3 aromatic rings. The van der Waals surface area contributed by atoms with Gasteiger partial charge < -0.3 is 15.5 Å². The number of aryl methyl sites for hydroxylation is 1. The van der Waals surface area contributed by atoms with Gasteiger partial charge in [0.25, 0.3) is 0 Å². The van der Waals surface area contributed by atoms with Crippen molar-refractivity contribution >= 4 is 29.1 Å². The highest BCUT2D eigenvalue weighted by atomic mass is 16.2. The Morgan fingerprint density at radius 2 is 1.89 bits per heavy atom. The van der Waals surface area contributed by atoms with E-state index in [0.29, 0.717) is 25.3 Å². The number of hydrogen-bond donors (Lipinski definition) is 2. The van der Waals surface area contributed by atoms with Gasteiger partial charge in [0.1, 0.15) is 6.04 Å². The molecule has 2 aliphatic rings. The first-order valence-electron chi connectivity index (χ1n) is 12.2. The van der Waals surface area contributed by atoms with Gasteiger partial charge >= 0.3 is 0 Å². The van der Waals surface area contributed by atoms with Crippen LogP contribution in [0.3, 0.4) is 0 Å². The molecule has 9 nitrogen and oxygen atoms in total. The minimum Gasteiger partial charge on any atom is -0.353 e. The molecule has 1 saturated heterocycles. The molecule has 0 radical (unpaired) electrons. The van der Waals surface area contributed by atoms with Crippen LogP contribution in [0.15, 0.2) is 48.5 Å². The summed E-state index contributed by atoms with van der Waals surface area (Å²) in [6, 6.07) is 14.8. The first-order valence-corrected chi connectivity index (χ1v) is 12.2. The number of amides is 3. The van der Waals surface area contributed by atoms with E-state index in [0.717, 1.165) is 40.3 Å². The van der Waals surface area contributed by atoms with Gasteiger partial charge in [-0.05, 0) is 56.2 Å². The number of anilines is 2. The Labute approximate surface area is 210 Å². The predicted molar refractivity (Wildman–Crippen MR) is 137 cm³/mol. The van der Waals surface area contributed by atoms with Crippen molar-refractivity contribution in [2.24, 2.45) is 0 Å². The molecule has 1 fully saturated rings. The third kappa shape index (κ3) is 4.37. The summed E-state index contributed by atoms with van der Waals surface area (Å²) in [6.07, 6.45) is 0.761. The fourth-order valence-corrected chi connectivity index (χ4v) is 5.26. The molecule has 5 rings (SSSR count). The van der Waals surface area contributed by atoms with Crippen LogP contribution in [0.25, 0.3) is 5.69 Å². The molecule has 2 aromatic carbocycles. The first-order chi connectivity index (χ1) is 17.3. The maximum absolute atomic E-state index is 13.1. The van der Waals surface area contributed by atoms with Gasteiger partial charge in [-0.25, -0.2) is 4.68 Å². The summed E-state index contributed by atoms with van der Waals surface area (Å²) in [5.74, 6) is -0.308. The number of nitrogens with one attached hydrogen (secondary N) is 2. The Bertz CT molecular complexity index is 1330. The highest BCUT2D eigenvalue weighted by Crippen LogP contribution is 2.32. The molecule has 1 unspecified atom stereocenters. The molecule has 9 heteroatoms. The van der Waals surface area contributed by atoms with Gasteiger partial charge in [0, 0.05) is 49.2 Å². The van der Waals surface area contributed by atoms with E-state index in [1.807, 2.05) is 72.0 Å². The third-order valence-corrected chi connectivity index (χ3v) is 6.92. The van der Waals surface area contributed by atoms with Crippen molar-refractivity contribution in [2.75, 3.05) is 36.4 Å². The number of fused-ring (bicyclic) bond motifs is 1. The molecule has 1 atom stereocenters. The summed E-state index contributed by atoms with van der Waals surface area (Å²) in [5, 5.41) is 10.6. The van der Waals surface area contributed by atoms with Crippen molar-refractivity contribution in [3.63, 3.8) is 0 Å². The van der Waals surface area contributed by atoms with Crippen LogP contribution in [0.2, 0.25) is 0 Å². The Balaban J connectivity index is 1.36. The molecule has 0 aliphatic carbocycles. The molecule has 1 aromatic heterocycles. The maximum atomic E-state index is 13.1. The van der Waals surface area contributed by atoms with E-state index in [9.17, 15) is 14.4 Å². The van der Waals surface area contributed by atoms with Gasteiger partial charge in [0.2, 0.25) is 17.7 Å². The summed E-state index contributed by atoms with van der Waals surface area (Å²) in [5.41, 5.74) is 6.01. The number of nitrogens with zero attached hydrogens (tertiary/aromatic N) is 4. The van der Waals surface area contributed by atoms with Crippen molar-refractivity contribution in [3.8, 4) is 5.69 Å². The van der Waals surface area contributed by atoms with Crippen molar-refractivity contribution in [1.29, 1.82) is 0 Å². The van der Waals surface area contributed by atoms with Gasteiger partial charge in [-0.15, -0.1) is 0 Å². The average Bonchev–Trinajstić information content (AvgIpc) is 3.40. The van der Waals surface area contributed by atoms with Gasteiger partial charge in [0.05, 0.1) is 17.9 Å². The fraction of sp³-hybridized carbons (Fsp3) is 0.333. The van der Waals surface area contributed by atoms with Crippen molar-refractivity contribution in [1.82, 2.24) is 20.0 Å². The van der Waals surface area contributed by atoms with Crippen LogP contribution >= 0.6 is 0 Å². The molecular formula is C27H30N6O3. The van der Waals surface area contributed by atoms with E-state index in [1.165, 1.54) is 0 Å². The van der Waals surface area contributed by atoms with Gasteiger partial charge in [-0.2, -0.15) is 5.10 Å². The Morgan fingerprint density at radius 1 is 1.11 bits per heavy atom. The third-order valence-electron chi connectivity index (χ3n) is 6.92. The zero-order chi connectivity index (χ0) is 25.4. The second-order valence-corrected chi connectivity index (χ2v) is 9.31. The van der Waals surface area contributed by atoms with Crippen LogP contribution in [-0.4, -0.2) is 58.6 Å². The minimum atomic E-state index is -0.605. The summed E-state index contributed by atoms with van der Waals surface area (Å²) in [4.78, 5) is 41.6. The Hall–Kier alpha value is -3.98. The van der Waals surface area contributed by atoms with Crippen molar-refractivity contribution < 1.29 is 14.4 Å². The van der Waals surface area contributed by atoms with E-state index in [1.54, 1.807) is 11.8 Å². The number of carbonyl (C=O) groups excluding carboxylic acids is 3. The van der Waals surface area contributed by atoms with E-state index in [4.69, 9.17) is 5.10 Å². The molecule has 186 valence electrons. The summed E-state index contributed by atoms with van der Waals surface area (Å²) in [7, 11) is 0. The van der Waals surface area contributed by atoms with E-state index in [2.05, 4.69) is 10.6 Å². The number of aromatic nitrogens is 2. The maximum Gasteiger partial charge on any atom is 0.242 e. The Kier molecular flexibility index (Phi) is 6.32. The fourth-order valence-electron chi connectivity index (χ4n) is 5.26. The average molecular weight is 487 g/mol. The summed E-state index contributed by atoms with van der Waals surface area (Å²) < 4.78 is 1.85. The largest absolute Gasteiger partial charge is 0.353 e. The normalized spacial score (nSPS) is 17.6. The topological polar surface area (TPSA) is 99.6 Å². The van der Waals surface area contributed by atoms with Crippen LogP contribution in [-0.2, 0) is 20.8 Å². The minimum absolute atomic E-state index is 0.0149. The monoisotopic (exact) mass is 486 g/mol. The molecule has 2 N–H and O–H groups in total. The second-order valence-electron chi connectivity index (χ2n) is 9.31.